The fourth-order valence-corrected chi connectivity index (χ4v) is 1.33. The van der Waals surface area contributed by atoms with Gasteiger partial charge in [-0.1, -0.05) is 0 Å². The van der Waals surface area contributed by atoms with Gasteiger partial charge in [0.2, 0.25) is 0 Å². The van der Waals surface area contributed by atoms with Crippen LogP contribution in [-0.2, 0) is 0 Å². The summed E-state index contributed by atoms with van der Waals surface area (Å²) < 4.78 is 0. The number of fused-ring (bicyclic) bond motifs is 1. The van der Waals surface area contributed by atoms with Gasteiger partial charge in [-0.2, -0.15) is 0 Å². The van der Waals surface area contributed by atoms with Gasteiger partial charge in [0.25, 0.3) is 17.5 Å². The van der Waals surface area contributed by atoms with Crippen molar-refractivity contribution in [1.82, 2.24) is 5.06 Å². The number of non-ortho nitro benzene ring substituents is 1. The number of rotatable bonds is 1. The zero-order valence-electron chi connectivity index (χ0n) is 7.21. The van der Waals surface area contributed by atoms with Crippen LogP contribution in [0.2, 0.25) is 0 Å². The van der Waals surface area contributed by atoms with Gasteiger partial charge in [-0.3, -0.25) is 24.9 Å². The molecule has 1 aliphatic heterocycles. The number of nitro benzene ring substituents is 1. The van der Waals surface area contributed by atoms with Crippen molar-refractivity contribution >= 4 is 68.9 Å². The van der Waals surface area contributed by atoms with Gasteiger partial charge in [0.1, 0.15) is 0 Å². The van der Waals surface area contributed by atoms with Crippen LogP contribution in [0.25, 0.3) is 0 Å². The van der Waals surface area contributed by atoms with E-state index in [0.717, 1.165) is 18.2 Å². The molecule has 0 bridgehead atoms. The maximum atomic E-state index is 11.2. The van der Waals surface area contributed by atoms with Crippen molar-refractivity contribution in [2.75, 3.05) is 0 Å². The number of hydrogen-bond donors (Lipinski definition) is 1. The SMILES string of the molecule is O=C1c2ccc([N+](=O)[O-])cc2C(=O)N1O.[KH]. The molecule has 2 rings (SSSR count). The molecule has 7 nitrogen and oxygen atoms in total. The Balaban J connectivity index is 0.00000128. The molecule has 0 fully saturated rings. The molecule has 78 valence electrons. The predicted octanol–water partition coefficient (Wildman–Crippen LogP) is -0.0685. The predicted molar refractivity (Wildman–Crippen MR) is 52.5 cm³/mol. The van der Waals surface area contributed by atoms with Gasteiger partial charge in [0.05, 0.1) is 16.1 Å². The minimum atomic E-state index is -0.946. The molecular formula is C8H5KN2O5. The summed E-state index contributed by atoms with van der Waals surface area (Å²) >= 11 is 0. The van der Waals surface area contributed by atoms with Crippen LogP contribution in [0, 0.1) is 10.1 Å². The number of hydroxylamine groups is 2. The molecule has 0 unspecified atom stereocenters. The molecule has 1 N–H and O–H groups in total. The Morgan fingerprint density at radius 1 is 1.19 bits per heavy atom. The van der Waals surface area contributed by atoms with Gasteiger partial charge >= 0.3 is 51.4 Å². The van der Waals surface area contributed by atoms with Crippen LogP contribution in [0.5, 0.6) is 0 Å². The Hall–Kier alpha value is -0.644. The molecule has 0 saturated heterocycles. The third-order valence-corrected chi connectivity index (χ3v) is 2.06. The molecule has 1 aliphatic rings. The second kappa shape index (κ2) is 4.69. The quantitative estimate of drug-likeness (QED) is 0.246. The van der Waals surface area contributed by atoms with E-state index in [1.54, 1.807) is 0 Å². The second-order valence-corrected chi connectivity index (χ2v) is 2.91. The molecule has 0 atom stereocenters. The van der Waals surface area contributed by atoms with E-state index in [4.69, 9.17) is 5.21 Å². The topological polar surface area (TPSA) is 101 Å². The van der Waals surface area contributed by atoms with E-state index in [9.17, 15) is 19.7 Å². The third-order valence-electron chi connectivity index (χ3n) is 2.06. The first-order valence-electron chi connectivity index (χ1n) is 3.88. The van der Waals surface area contributed by atoms with Crippen molar-refractivity contribution in [1.29, 1.82) is 0 Å². The molecule has 1 aromatic rings. The van der Waals surface area contributed by atoms with Crippen LogP contribution in [0.1, 0.15) is 20.7 Å². The Morgan fingerprint density at radius 3 is 2.31 bits per heavy atom. The van der Waals surface area contributed by atoms with Gasteiger partial charge < -0.3 is 0 Å². The summed E-state index contributed by atoms with van der Waals surface area (Å²) in [6.07, 6.45) is 0. The van der Waals surface area contributed by atoms with E-state index >= 15 is 0 Å². The minimum absolute atomic E-state index is 0. The summed E-state index contributed by atoms with van der Waals surface area (Å²) in [6.45, 7) is 0. The molecule has 0 aliphatic carbocycles. The molecule has 16 heavy (non-hydrogen) atoms. The molecule has 1 aromatic carbocycles. The number of carbonyl (C=O) groups is 2. The molecular weight excluding hydrogens is 243 g/mol. The zero-order chi connectivity index (χ0) is 11.2. The second-order valence-electron chi connectivity index (χ2n) is 2.91. The first-order valence-corrected chi connectivity index (χ1v) is 3.88. The van der Waals surface area contributed by atoms with Gasteiger partial charge in [-0.15, -0.1) is 5.06 Å². The molecule has 8 heteroatoms. The molecule has 0 aromatic heterocycles. The van der Waals surface area contributed by atoms with E-state index in [0.29, 0.717) is 0 Å². The number of imide groups is 1. The summed E-state index contributed by atoms with van der Waals surface area (Å²) in [4.78, 5) is 32.1. The zero-order valence-corrected chi connectivity index (χ0v) is 7.21. The number of carbonyl (C=O) groups excluding carboxylic acids is 2. The molecule has 2 amide bonds. The molecule has 0 saturated carbocycles. The summed E-state index contributed by atoms with van der Waals surface area (Å²) in [5.41, 5.74) is -0.491. The summed E-state index contributed by atoms with van der Waals surface area (Å²) in [5.74, 6) is -1.82. The van der Waals surface area contributed by atoms with Crippen molar-refractivity contribution in [3.05, 3.63) is 39.4 Å². The molecule has 1 heterocycles. The summed E-state index contributed by atoms with van der Waals surface area (Å²) in [7, 11) is 0. The van der Waals surface area contributed by atoms with Gasteiger partial charge in [0, 0.05) is 12.1 Å². The summed E-state index contributed by atoms with van der Waals surface area (Å²) in [6, 6.07) is 3.21. The van der Waals surface area contributed by atoms with E-state index in [1.807, 2.05) is 0 Å². The third kappa shape index (κ3) is 1.95. The normalized spacial score (nSPS) is 13.4. The maximum absolute atomic E-state index is 11.2. The number of benzene rings is 1. The number of nitro groups is 1. The van der Waals surface area contributed by atoms with E-state index < -0.39 is 16.7 Å². The average Bonchev–Trinajstić information content (AvgIpc) is 2.44. The van der Waals surface area contributed by atoms with Gasteiger partial charge in [-0.05, 0) is 6.07 Å². The molecule has 0 radical (unpaired) electrons. The van der Waals surface area contributed by atoms with Crippen LogP contribution in [0.4, 0.5) is 5.69 Å². The fourth-order valence-electron chi connectivity index (χ4n) is 1.33. The first-order chi connectivity index (χ1) is 7.02. The number of amides is 2. The van der Waals surface area contributed by atoms with Crippen LogP contribution < -0.4 is 0 Å². The Bertz CT molecular complexity index is 501. The Labute approximate surface area is 132 Å². The fraction of sp³-hybridized carbons (Fsp3) is 0. The van der Waals surface area contributed by atoms with Crippen molar-refractivity contribution < 1.29 is 19.7 Å². The van der Waals surface area contributed by atoms with E-state index in [1.165, 1.54) is 0 Å². The van der Waals surface area contributed by atoms with Crippen molar-refractivity contribution in [3.8, 4) is 0 Å². The van der Waals surface area contributed by atoms with Gasteiger partial charge in [-0.25, -0.2) is 0 Å². The van der Waals surface area contributed by atoms with E-state index in [2.05, 4.69) is 0 Å². The van der Waals surface area contributed by atoms with Crippen molar-refractivity contribution in [2.45, 2.75) is 0 Å². The van der Waals surface area contributed by atoms with Crippen LogP contribution in [0.3, 0.4) is 0 Å². The Kier molecular flexibility index (Phi) is 3.94. The average molecular weight is 248 g/mol. The van der Waals surface area contributed by atoms with Crippen LogP contribution in [0.15, 0.2) is 18.2 Å². The van der Waals surface area contributed by atoms with E-state index in [-0.39, 0.29) is 73.3 Å². The first kappa shape index (κ1) is 13.4. The Morgan fingerprint density at radius 2 is 1.75 bits per heavy atom. The summed E-state index contributed by atoms with van der Waals surface area (Å²) in [5, 5.41) is 19.3. The number of hydrogen-bond acceptors (Lipinski definition) is 5. The van der Waals surface area contributed by atoms with Crippen molar-refractivity contribution in [3.63, 3.8) is 0 Å². The van der Waals surface area contributed by atoms with Gasteiger partial charge in [0.15, 0.2) is 0 Å². The van der Waals surface area contributed by atoms with Crippen LogP contribution in [-0.4, -0.2) is 78.4 Å². The number of nitrogens with zero attached hydrogens (tertiary/aromatic N) is 2. The van der Waals surface area contributed by atoms with Crippen LogP contribution >= 0.6 is 0 Å². The monoisotopic (exact) mass is 248 g/mol. The van der Waals surface area contributed by atoms with Crippen molar-refractivity contribution in [2.24, 2.45) is 0 Å². The standard InChI is InChI=1S/C8H4N2O5.K.H/c11-7-5-2-1-4(10(14)15)3-6(5)8(12)9(7)13;;/h1-3,13H;;. The molecule has 0 spiro atoms.